The van der Waals surface area contributed by atoms with Crippen molar-refractivity contribution in [2.75, 3.05) is 43.9 Å². The summed E-state index contributed by atoms with van der Waals surface area (Å²) in [5.74, 6) is -0.546. The van der Waals surface area contributed by atoms with Crippen molar-refractivity contribution >= 4 is 39.6 Å². The minimum atomic E-state index is -0.762. The van der Waals surface area contributed by atoms with Crippen LogP contribution in [0.3, 0.4) is 0 Å². The molecule has 0 aliphatic carbocycles. The Kier molecular flexibility index (Phi) is 8.19. The summed E-state index contributed by atoms with van der Waals surface area (Å²) in [7, 11) is 1.38. The van der Waals surface area contributed by atoms with Gasteiger partial charge < -0.3 is 26.0 Å². The first kappa shape index (κ1) is 25.9. The van der Waals surface area contributed by atoms with E-state index in [1.165, 1.54) is 13.2 Å². The van der Waals surface area contributed by atoms with E-state index in [0.717, 1.165) is 61.4 Å². The smallest absolute Gasteiger partial charge is 0.296 e. The Morgan fingerprint density at radius 2 is 1.84 bits per heavy atom. The second-order valence-electron chi connectivity index (χ2n) is 9.14. The number of benzene rings is 3. The van der Waals surface area contributed by atoms with Gasteiger partial charge in [-0.25, -0.2) is 0 Å². The minimum absolute atomic E-state index is 0.0154. The van der Waals surface area contributed by atoms with Gasteiger partial charge in [-0.15, -0.1) is 0 Å². The first-order chi connectivity index (χ1) is 17.9. The molecule has 37 heavy (non-hydrogen) atoms. The molecule has 0 spiro atoms. The SMILES string of the molecule is COc1cc(C(N)=O)cc([N+](=O)[O-])c1NCCCN1CCC(C(=O)Nc2ccc3ccccc3c2)CC1. The number of carbonyl (C=O) groups excluding carboxylic acids is 2. The Morgan fingerprint density at radius 3 is 2.51 bits per heavy atom. The molecule has 0 aromatic heterocycles. The lowest BCUT2D eigenvalue weighted by molar-refractivity contribution is -0.384. The minimum Gasteiger partial charge on any atom is -0.494 e. The van der Waals surface area contributed by atoms with Gasteiger partial charge in [-0.3, -0.25) is 19.7 Å². The van der Waals surface area contributed by atoms with Crippen molar-refractivity contribution in [3.05, 3.63) is 70.3 Å². The molecule has 1 saturated heterocycles. The summed E-state index contributed by atoms with van der Waals surface area (Å²) in [6, 6.07) is 16.5. The number of hydrogen-bond acceptors (Lipinski definition) is 7. The summed E-state index contributed by atoms with van der Waals surface area (Å²) in [6.07, 6.45) is 2.30. The quantitative estimate of drug-likeness (QED) is 0.215. The molecule has 3 aromatic carbocycles. The number of rotatable bonds is 10. The summed E-state index contributed by atoms with van der Waals surface area (Å²) in [4.78, 5) is 37.5. The molecule has 3 aromatic rings. The molecule has 4 rings (SSSR count). The fraction of sp³-hybridized carbons (Fsp3) is 0.333. The van der Waals surface area contributed by atoms with Gasteiger partial charge in [0.15, 0.2) is 5.69 Å². The first-order valence-corrected chi connectivity index (χ1v) is 12.3. The third kappa shape index (κ3) is 6.34. The van der Waals surface area contributed by atoms with Crippen molar-refractivity contribution < 1.29 is 19.2 Å². The van der Waals surface area contributed by atoms with Crippen LogP contribution in [-0.2, 0) is 4.79 Å². The van der Waals surface area contributed by atoms with E-state index >= 15 is 0 Å². The van der Waals surface area contributed by atoms with Crippen molar-refractivity contribution in [2.24, 2.45) is 11.7 Å². The van der Waals surface area contributed by atoms with E-state index in [0.29, 0.717) is 6.54 Å². The third-order valence-electron chi connectivity index (χ3n) is 6.71. The Morgan fingerprint density at radius 1 is 1.11 bits per heavy atom. The lowest BCUT2D eigenvalue weighted by Crippen LogP contribution is -2.39. The molecule has 10 heteroatoms. The maximum atomic E-state index is 12.8. The molecule has 1 aliphatic heterocycles. The predicted octanol–water partition coefficient (Wildman–Crippen LogP) is 4.01. The van der Waals surface area contributed by atoms with Crippen molar-refractivity contribution in [1.82, 2.24) is 4.90 Å². The van der Waals surface area contributed by atoms with Crippen molar-refractivity contribution in [2.45, 2.75) is 19.3 Å². The number of ether oxygens (including phenoxy) is 1. The Balaban J connectivity index is 1.24. The van der Waals surface area contributed by atoms with Gasteiger partial charge in [0.2, 0.25) is 11.8 Å². The van der Waals surface area contributed by atoms with Crippen LogP contribution < -0.4 is 21.1 Å². The number of nitrogens with two attached hydrogens (primary N) is 1. The van der Waals surface area contributed by atoms with E-state index < -0.39 is 10.8 Å². The number of nitro groups is 1. The van der Waals surface area contributed by atoms with Gasteiger partial charge in [-0.05, 0) is 67.9 Å². The fourth-order valence-corrected chi connectivity index (χ4v) is 4.67. The summed E-state index contributed by atoms with van der Waals surface area (Å²) in [5.41, 5.74) is 6.07. The summed E-state index contributed by atoms with van der Waals surface area (Å²) < 4.78 is 5.25. The lowest BCUT2D eigenvalue weighted by Gasteiger charge is -2.31. The fourth-order valence-electron chi connectivity index (χ4n) is 4.67. The number of amides is 2. The van der Waals surface area contributed by atoms with Crippen LogP contribution >= 0.6 is 0 Å². The molecule has 2 amide bonds. The highest BCUT2D eigenvalue weighted by Crippen LogP contribution is 2.36. The number of likely N-dealkylation sites (tertiary alicyclic amines) is 1. The highest BCUT2D eigenvalue weighted by Gasteiger charge is 2.25. The molecule has 0 bridgehead atoms. The number of carbonyl (C=O) groups is 2. The average molecular weight is 506 g/mol. The summed E-state index contributed by atoms with van der Waals surface area (Å²) >= 11 is 0. The normalized spacial score (nSPS) is 14.3. The Labute approximate surface area is 214 Å². The van der Waals surface area contributed by atoms with Crippen LogP contribution in [0.2, 0.25) is 0 Å². The van der Waals surface area contributed by atoms with Crippen LogP contribution in [-0.4, -0.2) is 54.9 Å². The van der Waals surface area contributed by atoms with E-state index in [2.05, 4.69) is 15.5 Å². The zero-order chi connectivity index (χ0) is 26.4. The number of anilines is 2. The van der Waals surface area contributed by atoms with E-state index in [1.54, 1.807) is 0 Å². The number of primary amides is 1. The van der Waals surface area contributed by atoms with Gasteiger partial charge in [0.05, 0.1) is 12.0 Å². The molecule has 1 heterocycles. The third-order valence-corrected chi connectivity index (χ3v) is 6.71. The van der Waals surface area contributed by atoms with E-state index in [-0.39, 0.29) is 34.5 Å². The van der Waals surface area contributed by atoms with Crippen LogP contribution in [0.1, 0.15) is 29.6 Å². The highest BCUT2D eigenvalue weighted by molar-refractivity contribution is 5.96. The largest absolute Gasteiger partial charge is 0.494 e. The predicted molar refractivity (Wildman–Crippen MR) is 143 cm³/mol. The van der Waals surface area contributed by atoms with Crippen LogP contribution in [0.4, 0.5) is 17.1 Å². The Bertz CT molecular complexity index is 1300. The number of fused-ring (bicyclic) bond motifs is 1. The zero-order valence-electron chi connectivity index (χ0n) is 20.7. The number of hydrogen-bond donors (Lipinski definition) is 3. The van der Waals surface area contributed by atoms with Crippen molar-refractivity contribution in [3.8, 4) is 5.75 Å². The van der Waals surface area contributed by atoms with Gasteiger partial charge in [-0.1, -0.05) is 30.3 Å². The molecular formula is C27H31N5O5. The van der Waals surface area contributed by atoms with Gasteiger partial charge in [0, 0.05) is 29.8 Å². The maximum absolute atomic E-state index is 12.8. The number of nitrogens with one attached hydrogen (secondary N) is 2. The average Bonchev–Trinajstić information content (AvgIpc) is 2.90. The standard InChI is InChI=1S/C27H31N5O5/c1-37-24-17-21(26(28)33)16-23(32(35)36)25(24)29-11-4-12-31-13-9-19(10-14-31)27(34)30-22-8-7-18-5-2-3-6-20(18)15-22/h2-3,5-8,15-17,19,29H,4,9-14H2,1H3,(H2,28,33)(H,30,34). The highest BCUT2D eigenvalue weighted by atomic mass is 16.6. The molecule has 1 fully saturated rings. The molecule has 0 atom stereocenters. The molecule has 10 nitrogen and oxygen atoms in total. The lowest BCUT2D eigenvalue weighted by atomic mass is 9.95. The van der Waals surface area contributed by atoms with E-state index in [1.807, 2.05) is 42.5 Å². The van der Waals surface area contributed by atoms with Gasteiger partial charge in [0.25, 0.3) is 5.69 Å². The Hall–Kier alpha value is -4.18. The van der Waals surface area contributed by atoms with Crippen LogP contribution in [0.25, 0.3) is 10.8 Å². The molecule has 0 radical (unpaired) electrons. The van der Waals surface area contributed by atoms with Gasteiger partial charge in [0.1, 0.15) is 5.75 Å². The number of nitro benzene ring substituents is 1. The van der Waals surface area contributed by atoms with Crippen LogP contribution in [0.15, 0.2) is 54.6 Å². The van der Waals surface area contributed by atoms with Crippen molar-refractivity contribution in [1.29, 1.82) is 0 Å². The molecule has 194 valence electrons. The molecular weight excluding hydrogens is 474 g/mol. The molecule has 1 aliphatic rings. The first-order valence-electron chi connectivity index (χ1n) is 12.3. The second-order valence-corrected chi connectivity index (χ2v) is 9.14. The zero-order valence-corrected chi connectivity index (χ0v) is 20.7. The summed E-state index contributed by atoms with van der Waals surface area (Å²) in [6.45, 7) is 2.90. The van der Waals surface area contributed by atoms with Crippen LogP contribution in [0, 0.1) is 16.0 Å². The molecule has 4 N–H and O–H groups in total. The van der Waals surface area contributed by atoms with E-state index in [9.17, 15) is 19.7 Å². The second kappa shape index (κ2) is 11.7. The number of piperidine rings is 1. The molecule has 0 unspecified atom stereocenters. The van der Waals surface area contributed by atoms with E-state index in [4.69, 9.17) is 10.5 Å². The topological polar surface area (TPSA) is 140 Å². The summed E-state index contributed by atoms with van der Waals surface area (Å²) in [5, 5.41) is 19.9. The maximum Gasteiger partial charge on any atom is 0.296 e. The van der Waals surface area contributed by atoms with Crippen molar-refractivity contribution in [3.63, 3.8) is 0 Å². The molecule has 0 saturated carbocycles. The number of nitrogens with zero attached hydrogens (tertiary/aromatic N) is 2. The van der Waals surface area contributed by atoms with Crippen LogP contribution in [0.5, 0.6) is 5.75 Å². The monoisotopic (exact) mass is 505 g/mol. The van der Waals surface area contributed by atoms with Gasteiger partial charge >= 0.3 is 0 Å². The number of methoxy groups -OCH3 is 1. The van der Waals surface area contributed by atoms with Gasteiger partial charge in [-0.2, -0.15) is 0 Å².